The molecule has 15 heavy (non-hydrogen) atoms. The molecule has 0 amide bonds. The maximum Gasteiger partial charge on any atom is 0.355 e. The van der Waals surface area contributed by atoms with Crippen molar-refractivity contribution in [3.8, 4) is 0 Å². The Morgan fingerprint density at radius 1 is 1.60 bits per heavy atom. The lowest BCUT2D eigenvalue weighted by molar-refractivity contribution is 0.0691. The van der Waals surface area contributed by atoms with Crippen molar-refractivity contribution in [3.63, 3.8) is 0 Å². The molecule has 4 nitrogen and oxygen atoms in total. The number of hydrogen-bond acceptors (Lipinski definition) is 4. The largest absolute Gasteiger partial charge is 0.476 e. The van der Waals surface area contributed by atoms with Gasteiger partial charge in [-0.1, -0.05) is 13.8 Å². The summed E-state index contributed by atoms with van der Waals surface area (Å²) in [5, 5.41) is 14.2. The van der Waals surface area contributed by atoms with Crippen molar-refractivity contribution in [3.05, 3.63) is 11.1 Å². The zero-order valence-corrected chi connectivity index (χ0v) is 10.0. The van der Waals surface area contributed by atoms with Gasteiger partial charge in [0.25, 0.3) is 0 Å². The van der Waals surface area contributed by atoms with E-state index in [2.05, 4.69) is 31.1 Å². The summed E-state index contributed by atoms with van der Waals surface area (Å²) in [6, 6.07) is 0. The van der Waals surface area contributed by atoms with Crippen LogP contribution in [0.15, 0.2) is 5.38 Å². The van der Waals surface area contributed by atoms with Gasteiger partial charge < -0.3 is 10.4 Å². The molecular weight excluding hydrogens is 212 g/mol. The van der Waals surface area contributed by atoms with Crippen LogP contribution < -0.4 is 5.32 Å². The van der Waals surface area contributed by atoms with Gasteiger partial charge in [-0.25, -0.2) is 9.78 Å². The van der Waals surface area contributed by atoms with Crippen molar-refractivity contribution in [1.82, 2.24) is 4.98 Å². The number of nitrogens with zero attached hydrogens (tertiary/aromatic N) is 1. The topological polar surface area (TPSA) is 62.2 Å². The summed E-state index contributed by atoms with van der Waals surface area (Å²) in [5.41, 5.74) is 0.102. The van der Waals surface area contributed by atoms with Gasteiger partial charge in [-0.2, -0.15) is 0 Å². The van der Waals surface area contributed by atoms with E-state index in [4.69, 9.17) is 5.11 Å². The number of nitrogens with one attached hydrogen (secondary N) is 1. The zero-order chi connectivity index (χ0) is 11.5. The molecule has 0 aliphatic carbocycles. The molecule has 0 aliphatic rings. The fraction of sp³-hybridized carbons (Fsp3) is 0.600. The summed E-state index contributed by atoms with van der Waals surface area (Å²) in [4.78, 5) is 14.6. The molecule has 0 saturated heterocycles. The Hall–Kier alpha value is -1.10. The van der Waals surface area contributed by atoms with Crippen LogP contribution in [0.2, 0.25) is 0 Å². The summed E-state index contributed by atoms with van der Waals surface area (Å²) in [7, 11) is 0. The van der Waals surface area contributed by atoms with Crippen molar-refractivity contribution >= 4 is 22.4 Å². The number of thiazole rings is 1. The summed E-state index contributed by atoms with van der Waals surface area (Å²) in [6.07, 6.45) is 1.96. The summed E-state index contributed by atoms with van der Waals surface area (Å²) in [6.45, 7) is 6.30. The van der Waals surface area contributed by atoms with Crippen LogP contribution in [0.5, 0.6) is 0 Å². The van der Waals surface area contributed by atoms with Gasteiger partial charge in [-0.15, -0.1) is 11.3 Å². The molecule has 0 spiro atoms. The van der Waals surface area contributed by atoms with Crippen molar-refractivity contribution in [2.45, 2.75) is 39.2 Å². The molecule has 1 aromatic heterocycles. The molecule has 1 aromatic rings. The SMILES string of the molecule is CCC(C)(CC)Nc1nc(C(=O)O)cs1. The van der Waals surface area contributed by atoms with Crippen LogP contribution >= 0.6 is 11.3 Å². The average molecular weight is 228 g/mol. The molecule has 0 bridgehead atoms. The van der Waals surface area contributed by atoms with E-state index in [9.17, 15) is 4.79 Å². The predicted molar refractivity (Wildman–Crippen MR) is 61.7 cm³/mol. The molecule has 84 valence electrons. The van der Waals surface area contributed by atoms with Gasteiger partial charge in [0, 0.05) is 10.9 Å². The molecule has 0 atom stereocenters. The molecule has 0 fully saturated rings. The Labute approximate surface area is 93.4 Å². The first-order chi connectivity index (χ1) is 7.00. The van der Waals surface area contributed by atoms with E-state index in [1.165, 1.54) is 11.3 Å². The van der Waals surface area contributed by atoms with E-state index in [-0.39, 0.29) is 11.2 Å². The number of carbonyl (C=O) groups is 1. The third kappa shape index (κ3) is 2.92. The minimum absolute atomic E-state index is 0.00632. The maximum atomic E-state index is 10.6. The summed E-state index contributed by atoms with van der Waals surface area (Å²) in [5.74, 6) is -0.978. The van der Waals surface area contributed by atoms with Crippen molar-refractivity contribution in [2.75, 3.05) is 5.32 Å². The second-order valence-corrected chi connectivity index (χ2v) is 4.59. The quantitative estimate of drug-likeness (QED) is 0.813. The normalized spacial score (nSPS) is 11.4. The highest BCUT2D eigenvalue weighted by Gasteiger charge is 2.21. The third-order valence-electron chi connectivity index (χ3n) is 2.69. The highest BCUT2D eigenvalue weighted by atomic mass is 32.1. The van der Waals surface area contributed by atoms with Gasteiger partial charge in [-0.3, -0.25) is 0 Å². The minimum atomic E-state index is -0.978. The molecule has 0 aromatic carbocycles. The first kappa shape index (κ1) is 12.0. The summed E-state index contributed by atoms with van der Waals surface area (Å²) < 4.78 is 0. The molecule has 5 heteroatoms. The smallest absolute Gasteiger partial charge is 0.355 e. The Morgan fingerprint density at radius 2 is 2.20 bits per heavy atom. The summed E-state index contributed by atoms with van der Waals surface area (Å²) >= 11 is 1.33. The molecule has 1 rings (SSSR count). The molecule has 0 radical (unpaired) electrons. The second kappa shape index (κ2) is 4.61. The van der Waals surface area contributed by atoms with Crippen LogP contribution in [0.1, 0.15) is 44.1 Å². The van der Waals surface area contributed by atoms with Crippen molar-refractivity contribution in [1.29, 1.82) is 0 Å². The lowest BCUT2D eigenvalue weighted by atomic mass is 9.96. The highest BCUT2D eigenvalue weighted by molar-refractivity contribution is 7.13. The Kier molecular flexibility index (Phi) is 3.68. The van der Waals surface area contributed by atoms with Crippen LogP contribution in [0, 0.1) is 0 Å². The van der Waals surface area contributed by atoms with Crippen molar-refractivity contribution < 1.29 is 9.90 Å². The van der Waals surface area contributed by atoms with E-state index in [1.54, 1.807) is 5.38 Å². The van der Waals surface area contributed by atoms with E-state index >= 15 is 0 Å². The lowest BCUT2D eigenvalue weighted by Crippen LogP contribution is -2.32. The minimum Gasteiger partial charge on any atom is -0.476 e. The standard InChI is InChI=1S/C10H16N2O2S/c1-4-10(3,5-2)12-9-11-7(6-15-9)8(13)14/h6H,4-5H2,1-3H3,(H,11,12)(H,13,14). The maximum absolute atomic E-state index is 10.6. The number of anilines is 1. The number of aromatic nitrogens is 1. The lowest BCUT2D eigenvalue weighted by Gasteiger charge is -2.27. The van der Waals surface area contributed by atoms with Gasteiger partial charge in [0.05, 0.1) is 0 Å². The molecule has 0 aliphatic heterocycles. The Bertz CT molecular complexity index is 345. The first-order valence-corrected chi connectivity index (χ1v) is 5.85. The monoisotopic (exact) mass is 228 g/mol. The fourth-order valence-electron chi connectivity index (χ4n) is 1.11. The predicted octanol–water partition coefficient (Wildman–Crippen LogP) is 2.83. The molecule has 0 unspecified atom stereocenters. The first-order valence-electron chi connectivity index (χ1n) is 4.97. The molecular formula is C10H16N2O2S. The number of carboxylic acid groups (broad SMARTS) is 1. The fourth-order valence-corrected chi connectivity index (χ4v) is 1.95. The van der Waals surface area contributed by atoms with Crippen molar-refractivity contribution in [2.24, 2.45) is 0 Å². The zero-order valence-electron chi connectivity index (χ0n) is 9.20. The van der Waals surface area contributed by atoms with E-state index in [0.29, 0.717) is 5.13 Å². The van der Waals surface area contributed by atoms with Gasteiger partial charge >= 0.3 is 5.97 Å². The Balaban J connectivity index is 2.76. The molecule has 1 heterocycles. The number of carboxylic acids is 1. The number of rotatable bonds is 5. The highest BCUT2D eigenvalue weighted by Crippen LogP contribution is 2.24. The van der Waals surface area contributed by atoms with Gasteiger partial charge in [0.15, 0.2) is 10.8 Å². The van der Waals surface area contributed by atoms with Gasteiger partial charge in [-0.05, 0) is 19.8 Å². The van der Waals surface area contributed by atoms with Crippen LogP contribution in [0.25, 0.3) is 0 Å². The van der Waals surface area contributed by atoms with Gasteiger partial charge in [0.2, 0.25) is 0 Å². The second-order valence-electron chi connectivity index (χ2n) is 3.74. The van der Waals surface area contributed by atoms with E-state index in [1.807, 2.05) is 0 Å². The molecule has 0 saturated carbocycles. The van der Waals surface area contributed by atoms with Crippen LogP contribution in [-0.2, 0) is 0 Å². The van der Waals surface area contributed by atoms with Crippen LogP contribution in [0.4, 0.5) is 5.13 Å². The van der Waals surface area contributed by atoms with Gasteiger partial charge in [0.1, 0.15) is 0 Å². The van der Waals surface area contributed by atoms with E-state index < -0.39 is 5.97 Å². The number of aromatic carboxylic acids is 1. The average Bonchev–Trinajstić information content (AvgIpc) is 2.66. The third-order valence-corrected chi connectivity index (χ3v) is 3.45. The van der Waals surface area contributed by atoms with Crippen LogP contribution in [0.3, 0.4) is 0 Å². The molecule has 2 N–H and O–H groups in total. The van der Waals surface area contributed by atoms with Crippen LogP contribution in [-0.4, -0.2) is 21.6 Å². The van der Waals surface area contributed by atoms with E-state index in [0.717, 1.165) is 12.8 Å². The Morgan fingerprint density at radius 3 is 2.60 bits per heavy atom. The number of hydrogen-bond donors (Lipinski definition) is 2.